The summed E-state index contributed by atoms with van der Waals surface area (Å²) in [5.74, 6) is 0. The van der Waals surface area contributed by atoms with Gasteiger partial charge in [-0.3, -0.25) is 4.68 Å². The highest BCUT2D eigenvalue weighted by Crippen LogP contribution is 2.30. The molecule has 0 saturated carbocycles. The standard InChI is InChI=1S/C14H16F3N3/c1-2-20-9-10(8-19-20)7-13(18)11-3-5-12(6-4-11)14(15,16)17/h3-6,8-9,13H,2,7,18H2,1H3. The van der Waals surface area contributed by atoms with Gasteiger partial charge in [0.25, 0.3) is 0 Å². The van der Waals surface area contributed by atoms with Crippen LogP contribution in [0.15, 0.2) is 36.7 Å². The zero-order valence-electron chi connectivity index (χ0n) is 11.1. The van der Waals surface area contributed by atoms with Gasteiger partial charge in [0.2, 0.25) is 0 Å². The second kappa shape index (κ2) is 5.66. The molecule has 0 aliphatic rings. The largest absolute Gasteiger partial charge is 0.416 e. The molecule has 0 saturated heterocycles. The van der Waals surface area contributed by atoms with Gasteiger partial charge in [-0.25, -0.2) is 0 Å². The van der Waals surface area contributed by atoms with Crippen LogP contribution in [0.1, 0.15) is 29.7 Å². The van der Waals surface area contributed by atoms with Crippen molar-refractivity contribution < 1.29 is 13.2 Å². The van der Waals surface area contributed by atoms with Crippen LogP contribution in [0.3, 0.4) is 0 Å². The van der Waals surface area contributed by atoms with Crippen LogP contribution in [-0.2, 0) is 19.1 Å². The SMILES string of the molecule is CCn1cc(CC(N)c2ccc(C(F)(F)F)cc2)cn1. The topological polar surface area (TPSA) is 43.8 Å². The molecule has 1 heterocycles. The number of nitrogens with zero attached hydrogens (tertiary/aromatic N) is 2. The van der Waals surface area contributed by atoms with Gasteiger partial charge in [0.05, 0.1) is 11.8 Å². The summed E-state index contributed by atoms with van der Waals surface area (Å²) in [6, 6.07) is 4.64. The van der Waals surface area contributed by atoms with Crippen molar-refractivity contribution in [2.45, 2.75) is 32.1 Å². The van der Waals surface area contributed by atoms with Crippen LogP contribution >= 0.6 is 0 Å². The first-order chi connectivity index (χ1) is 9.40. The van der Waals surface area contributed by atoms with Crippen LogP contribution in [0.25, 0.3) is 0 Å². The molecule has 108 valence electrons. The van der Waals surface area contributed by atoms with Gasteiger partial charge in [-0.15, -0.1) is 0 Å². The molecule has 0 spiro atoms. The average Bonchev–Trinajstić information content (AvgIpc) is 2.85. The first kappa shape index (κ1) is 14.6. The number of benzene rings is 1. The van der Waals surface area contributed by atoms with E-state index < -0.39 is 11.7 Å². The van der Waals surface area contributed by atoms with E-state index in [0.29, 0.717) is 12.0 Å². The number of hydrogen-bond acceptors (Lipinski definition) is 2. The Hall–Kier alpha value is -1.82. The van der Waals surface area contributed by atoms with E-state index in [9.17, 15) is 13.2 Å². The Morgan fingerprint density at radius 2 is 1.90 bits per heavy atom. The number of aryl methyl sites for hydroxylation is 1. The lowest BCUT2D eigenvalue weighted by atomic mass is 10.0. The molecule has 2 rings (SSSR count). The molecular formula is C14H16F3N3. The van der Waals surface area contributed by atoms with Crippen molar-refractivity contribution in [2.75, 3.05) is 0 Å². The second-order valence-electron chi connectivity index (χ2n) is 4.63. The summed E-state index contributed by atoms with van der Waals surface area (Å²) in [6.07, 6.45) is -0.145. The Balaban J connectivity index is 2.07. The van der Waals surface area contributed by atoms with Crippen LogP contribution in [0.2, 0.25) is 0 Å². The molecule has 1 aromatic carbocycles. The van der Waals surface area contributed by atoms with Gasteiger partial charge < -0.3 is 5.73 Å². The molecule has 1 unspecified atom stereocenters. The molecular weight excluding hydrogens is 267 g/mol. The van der Waals surface area contributed by atoms with Crippen LogP contribution in [0.5, 0.6) is 0 Å². The minimum Gasteiger partial charge on any atom is -0.324 e. The fraction of sp³-hybridized carbons (Fsp3) is 0.357. The van der Waals surface area contributed by atoms with Gasteiger partial charge in [-0.1, -0.05) is 12.1 Å². The maximum Gasteiger partial charge on any atom is 0.416 e. The van der Waals surface area contributed by atoms with Gasteiger partial charge in [0.1, 0.15) is 0 Å². The quantitative estimate of drug-likeness (QED) is 0.936. The Morgan fingerprint density at radius 3 is 2.40 bits per heavy atom. The molecule has 2 N–H and O–H groups in total. The van der Waals surface area contributed by atoms with E-state index in [4.69, 9.17) is 5.73 Å². The summed E-state index contributed by atoms with van der Waals surface area (Å²) in [5, 5.41) is 4.14. The first-order valence-electron chi connectivity index (χ1n) is 6.34. The Kier molecular flexibility index (Phi) is 4.13. The van der Waals surface area contributed by atoms with Gasteiger partial charge in [0, 0.05) is 18.8 Å². The number of aromatic nitrogens is 2. The Labute approximate surface area is 115 Å². The summed E-state index contributed by atoms with van der Waals surface area (Å²) < 4.78 is 39.2. The summed E-state index contributed by atoms with van der Waals surface area (Å²) in [4.78, 5) is 0. The highest BCUT2D eigenvalue weighted by molar-refractivity contribution is 5.27. The number of alkyl halides is 3. The minimum atomic E-state index is -4.31. The fourth-order valence-electron chi connectivity index (χ4n) is 1.98. The Morgan fingerprint density at radius 1 is 1.25 bits per heavy atom. The maximum atomic E-state index is 12.5. The lowest BCUT2D eigenvalue weighted by Crippen LogP contribution is -2.13. The third-order valence-corrected chi connectivity index (χ3v) is 3.13. The van der Waals surface area contributed by atoms with E-state index in [1.807, 2.05) is 13.1 Å². The van der Waals surface area contributed by atoms with Crippen LogP contribution in [0, 0.1) is 0 Å². The van der Waals surface area contributed by atoms with Crippen molar-refractivity contribution >= 4 is 0 Å². The minimum absolute atomic E-state index is 0.341. The van der Waals surface area contributed by atoms with E-state index in [0.717, 1.165) is 24.2 Å². The summed E-state index contributed by atoms with van der Waals surface area (Å²) in [7, 11) is 0. The molecule has 0 radical (unpaired) electrons. The maximum absolute atomic E-state index is 12.5. The predicted molar refractivity (Wildman–Crippen MR) is 70.0 cm³/mol. The lowest BCUT2D eigenvalue weighted by molar-refractivity contribution is -0.137. The molecule has 2 aromatic rings. The number of nitrogens with two attached hydrogens (primary N) is 1. The molecule has 6 heteroatoms. The third-order valence-electron chi connectivity index (χ3n) is 3.13. The summed E-state index contributed by atoms with van der Waals surface area (Å²) in [5.41, 5.74) is 7.01. The van der Waals surface area contributed by atoms with Crippen LogP contribution < -0.4 is 5.73 Å². The van der Waals surface area contributed by atoms with Crippen molar-refractivity contribution in [3.63, 3.8) is 0 Å². The Bertz CT molecular complexity index is 558. The van der Waals surface area contributed by atoms with E-state index in [1.165, 1.54) is 12.1 Å². The second-order valence-corrected chi connectivity index (χ2v) is 4.63. The molecule has 0 aliphatic carbocycles. The molecule has 0 fully saturated rings. The molecule has 3 nitrogen and oxygen atoms in total. The summed E-state index contributed by atoms with van der Waals surface area (Å²) >= 11 is 0. The normalized spacial score (nSPS) is 13.4. The number of hydrogen-bond donors (Lipinski definition) is 1. The van der Waals surface area contributed by atoms with E-state index in [1.54, 1.807) is 10.9 Å². The van der Waals surface area contributed by atoms with E-state index in [-0.39, 0.29) is 6.04 Å². The fourth-order valence-corrected chi connectivity index (χ4v) is 1.98. The van der Waals surface area contributed by atoms with Crippen LogP contribution in [0.4, 0.5) is 13.2 Å². The smallest absolute Gasteiger partial charge is 0.324 e. The molecule has 1 atom stereocenters. The van der Waals surface area contributed by atoms with Crippen molar-refractivity contribution in [3.05, 3.63) is 53.3 Å². The molecule has 20 heavy (non-hydrogen) atoms. The van der Waals surface area contributed by atoms with Crippen molar-refractivity contribution in [2.24, 2.45) is 5.73 Å². The number of rotatable bonds is 4. The zero-order chi connectivity index (χ0) is 14.8. The van der Waals surface area contributed by atoms with E-state index >= 15 is 0 Å². The van der Waals surface area contributed by atoms with Gasteiger partial charge in [-0.05, 0) is 36.6 Å². The zero-order valence-corrected chi connectivity index (χ0v) is 11.1. The van der Waals surface area contributed by atoms with Gasteiger partial charge in [0.15, 0.2) is 0 Å². The van der Waals surface area contributed by atoms with Gasteiger partial charge >= 0.3 is 6.18 Å². The molecule has 1 aromatic heterocycles. The summed E-state index contributed by atoms with van der Waals surface area (Å²) in [6.45, 7) is 2.75. The third kappa shape index (κ3) is 3.39. The molecule has 0 aliphatic heterocycles. The monoisotopic (exact) mass is 283 g/mol. The highest BCUT2D eigenvalue weighted by atomic mass is 19.4. The highest BCUT2D eigenvalue weighted by Gasteiger charge is 2.30. The average molecular weight is 283 g/mol. The molecule has 0 amide bonds. The van der Waals surface area contributed by atoms with E-state index in [2.05, 4.69) is 5.10 Å². The van der Waals surface area contributed by atoms with Gasteiger partial charge in [-0.2, -0.15) is 18.3 Å². The van der Waals surface area contributed by atoms with Crippen molar-refractivity contribution in [3.8, 4) is 0 Å². The first-order valence-corrected chi connectivity index (χ1v) is 6.34. The van der Waals surface area contributed by atoms with Crippen molar-refractivity contribution in [1.82, 2.24) is 9.78 Å². The number of halogens is 3. The predicted octanol–water partition coefficient (Wildman–Crippen LogP) is 3.16. The molecule has 0 bridgehead atoms. The lowest BCUT2D eigenvalue weighted by Gasteiger charge is -2.12. The van der Waals surface area contributed by atoms with Crippen molar-refractivity contribution in [1.29, 1.82) is 0 Å². The van der Waals surface area contributed by atoms with Crippen LogP contribution in [-0.4, -0.2) is 9.78 Å².